The molecule has 0 aliphatic carbocycles. The van der Waals surface area contributed by atoms with Crippen LogP contribution in [-0.4, -0.2) is 11.1 Å². The Balaban J connectivity index is 2.80. The first-order valence-corrected chi connectivity index (χ1v) is 6.13. The molecule has 82 valence electrons. The Morgan fingerprint density at radius 3 is 2.60 bits per heavy atom. The molecule has 2 nitrogen and oxygen atoms in total. The highest BCUT2D eigenvalue weighted by molar-refractivity contribution is 8.00. The summed E-state index contributed by atoms with van der Waals surface area (Å²) in [7, 11) is 0. The number of rotatable bonds is 4. The predicted molar refractivity (Wildman–Crippen MR) is 68.3 cm³/mol. The first-order chi connectivity index (χ1) is 7.04. The fourth-order valence-corrected chi connectivity index (χ4v) is 2.40. The quantitative estimate of drug-likeness (QED) is 0.493. The van der Waals surface area contributed by atoms with Crippen LogP contribution in [-0.2, 0) is 0 Å². The molecule has 0 bridgehead atoms. The minimum atomic E-state index is 0.00208. The van der Waals surface area contributed by atoms with Crippen molar-refractivity contribution in [3.05, 3.63) is 28.2 Å². The Bertz CT molecular complexity index is 368. The van der Waals surface area contributed by atoms with E-state index in [-0.39, 0.29) is 11.1 Å². The van der Waals surface area contributed by atoms with Gasteiger partial charge in [-0.25, -0.2) is 0 Å². The molecule has 0 aliphatic heterocycles. The minimum absolute atomic E-state index is 0.00208. The smallest absolute Gasteiger partial charge is 0.104 e. The van der Waals surface area contributed by atoms with Crippen molar-refractivity contribution in [2.24, 2.45) is 5.73 Å². The largest absolute Gasteiger partial charge is 0.387 e. The van der Waals surface area contributed by atoms with E-state index in [1.54, 1.807) is 12.1 Å². The first-order valence-electron chi connectivity index (χ1n) is 4.50. The Hall–Kier alpha value is -0.380. The number of nitrogens with one attached hydrogen (secondary N) is 1. The van der Waals surface area contributed by atoms with Crippen molar-refractivity contribution in [1.82, 2.24) is 0 Å². The van der Waals surface area contributed by atoms with Crippen molar-refractivity contribution in [2.75, 3.05) is 0 Å². The maximum Gasteiger partial charge on any atom is 0.104 e. The maximum absolute atomic E-state index is 7.39. The van der Waals surface area contributed by atoms with Crippen LogP contribution < -0.4 is 5.73 Å². The normalized spacial score (nSPS) is 12.5. The molecule has 1 unspecified atom stereocenters. The van der Waals surface area contributed by atoms with Gasteiger partial charge in [0.05, 0.1) is 15.3 Å². The predicted octanol–water partition coefficient (Wildman–Crippen LogP) is 3.80. The van der Waals surface area contributed by atoms with Gasteiger partial charge in [-0.05, 0) is 24.6 Å². The Kier molecular flexibility index (Phi) is 4.77. The lowest BCUT2D eigenvalue weighted by molar-refractivity contribution is 0.991. The van der Waals surface area contributed by atoms with E-state index in [1.165, 1.54) is 11.8 Å². The molecule has 0 aromatic heterocycles. The highest BCUT2D eigenvalue weighted by Crippen LogP contribution is 2.31. The molecular formula is C10H12Cl2N2S. The average Bonchev–Trinajstić information content (AvgIpc) is 2.19. The standard InChI is InChI=1S/C10H12Cl2N2S/c1-2-9(10(13)14)15-6-3-4-7(11)8(12)5-6/h3-5,9H,2H2,1H3,(H3,13,14). The van der Waals surface area contributed by atoms with E-state index in [4.69, 9.17) is 34.3 Å². The summed E-state index contributed by atoms with van der Waals surface area (Å²) in [5, 5.41) is 8.46. The molecule has 0 saturated heterocycles. The van der Waals surface area contributed by atoms with E-state index >= 15 is 0 Å². The summed E-state index contributed by atoms with van der Waals surface area (Å²) in [6.07, 6.45) is 0.820. The summed E-state index contributed by atoms with van der Waals surface area (Å²) in [5.74, 6) is 0.188. The van der Waals surface area contributed by atoms with Crippen molar-refractivity contribution >= 4 is 40.8 Å². The number of halogens is 2. The van der Waals surface area contributed by atoms with Gasteiger partial charge in [0.25, 0.3) is 0 Å². The monoisotopic (exact) mass is 262 g/mol. The molecule has 0 saturated carbocycles. The van der Waals surface area contributed by atoms with Crippen LogP contribution in [0.1, 0.15) is 13.3 Å². The van der Waals surface area contributed by atoms with Crippen LogP contribution >= 0.6 is 35.0 Å². The molecule has 0 aliphatic rings. The van der Waals surface area contributed by atoms with Crippen molar-refractivity contribution in [3.8, 4) is 0 Å². The summed E-state index contributed by atoms with van der Waals surface area (Å²) in [4.78, 5) is 0.978. The fraction of sp³-hybridized carbons (Fsp3) is 0.300. The number of amidine groups is 1. The van der Waals surface area contributed by atoms with Gasteiger partial charge in [-0.2, -0.15) is 0 Å². The number of nitrogens with two attached hydrogens (primary N) is 1. The summed E-state index contributed by atoms with van der Waals surface area (Å²) in [6, 6.07) is 5.42. The summed E-state index contributed by atoms with van der Waals surface area (Å²) >= 11 is 13.2. The molecule has 1 aromatic carbocycles. The molecule has 0 amide bonds. The lowest BCUT2D eigenvalue weighted by Crippen LogP contribution is -2.23. The van der Waals surface area contributed by atoms with E-state index in [2.05, 4.69) is 0 Å². The van der Waals surface area contributed by atoms with Crippen molar-refractivity contribution in [1.29, 1.82) is 5.41 Å². The number of hydrogen-bond acceptors (Lipinski definition) is 2. The zero-order chi connectivity index (χ0) is 11.4. The average molecular weight is 263 g/mol. The van der Waals surface area contributed by atoms with Crippen LogP contribution in [0.4, 0.5) is 0 Å². The zero-order valence-electron chi connectivity index (χ0n) is 8.26. The molecule has 0 spiro atoms. The number of benzene rings is 1. The molecule has 3 N–H and O–H groups in total. The Morgan fingerprint density at radius 1 is 1.47 bits per heavy atom. The number of hydrogen-bond donors (Lipinski definition) is 2. The van der Waals surface area contributed by atoms with Gasteiger partial charge in [0, 0.05) is 4.90 Å². The van der Waals surface area contributed by atoms with Crippen molar-refractivity contribution in [3.63, 3.8) is 0 Å². The van der Waals surface area contributed by atoms with E-state index < -0.39 is 0 Å². The van der Waals surface area contributed by atoms with Gasteiger partial charge in [-0.1, -0.05) is 30.1 Å². The summed E-state index contributed by atoms with van der Waals surface area (Å²) < 4.78 is 0. The second kappa shape index (κ2) is 5.64. The molecule has 15 heavy (non-hydrogen) atoms. The van der Waals surface area contributed by atoms with Gasteiger partial charge >= 0.3 is 0 Å². The SMILES string of the molecule is CCC(Sc1ccc(Cl)c(Cl)c1)C(=N)N. The highest BCUT2D eigenvalue weighted by Gasteiger charge is 2.11. The van der Waals surface area contributed by atoms with E-state index in [9.17, 15) is 0 Å². The molecule has 5 heteroatoms. The van der Waals surface area contributed by atoms with Crippen LogP contribution in [0.3, 0.4) is 0 Å². The third-order valence-electron chi connectivity index (χ3n) is 1.89. The van der Waals surface area contributed by atoms with Crippen LogP contribution in [0.25, 0.3) is 0 Å². The summed E-state index contributed by atoms with van der Waals surface area (Å²) in [6.45, 7) is 2.00. The lowest BCUT2D eigenvalue weighted by atomic mass is 10.3. The van der Waals surface area contributed by atoms with E-state index in [1.807, 2.05) is 13.0 Å². The highest BCUT2D eigenvalue weighted by atomic mass is 35.5. The van der Waals surface area contributed by atoms with Gasteiger partial charge < -0.3 is 5.73 Å². The third kappa shape index (κ3) is 3.59. The van der Waals surface area contributed by atoms with Crippen LogP contribution in [0, 0.1) is 5.41 Å². The maximum atomic E-state index is 7.39. The summed E-state index contributed by atoms with van der Waals surface area (Å²) in [5.41, 5.74) is 5.47. The third-order valence-corrected chi connectivity index (χ3v) is 4.02. The van der Waals surface area contributed by atoms with Crippen LogP contribution in [0.5, 0.6) is 0 Å². The van der Waals surface area contributed by atoms with E-state index in [0.29, 0.717) is 10.0 Å². The molecule has 1 rings (SSSR count). The fourth-order valence-electron chi connectivity index (χ4n) is 1.08. The number of thioether (sulfide) groups is 1. The second-order valence-corrected chi connectivity index (χ2v) is 5.14. The Labute approximate surface area is 104 Å². The molecule has 1 aromatic rings. The lowest BCUT2D eigenvalue weighted by Gasteiger charge is -2.12. The van der Waals surface area contributed by atoms with Gasteiger partial charge in [0.2, 0.25) is 0 Å². The van der Waals surface area contributed by atoms with Crippen molar-refractivity contribution < 1.29 is 0 Å². The van der Waals surface area contributed by atoms with Gasteiger partial charge in [-0.15, -0.1) is 11.8 Å². The molecule has 1 atom stereocenters. The zero-order valence-corrected chi connectivity index (χ0v) is 10.6. The first kappa shape index (κ1) is 12.7. The molecule has 0 radical (unpaired) electrons. The minimum Gasteiger partial charge on any atom is -0.387 e. The molecule has 0 fully saturated rings. The van der Waals surface area contributed by atoms with Gasteiger partial charge in [-0.3, -0.25) is 5.41 Å². The van der Waals surface area contributed by atoms with Gasteiger partial charge in [0.1, 0.15) is 5.84 Å². The molecular weight excluding hydrogens is 251 g/mol. The topological polar surface area (TPSA) is 49.9 Å². The van der Waals surface area contributed by atoms with Crippen LogP contribution in [0.2, 0.25) is 10.0 Å². The Morgan fingerprint density at radius 2 is 2.13 bits per heavy atom. The molecule has 0 heterocycles. The van der Waals surface area contributed by atoms with E-state index in [0.717, 1.165) is 11.3 Å². The van der Waals surface area contributed by atoms with Crippen LogP contribution in [0.15, 0.2) is 23.1 Å². The van der Waals surface area contributed by atoms with Gasteiger partial charge in [0.15, 0.2) is 0 Å². The second-order valence-electron chi connectivity index (χ2n) is 3.05. The van der Waals surface area contributed by atoms with Crippen molar-refractivity contribution in [2.45, 2.75) is 23.5 Å².